The molecule has 0 N–H and O–H groups in total. The molecule has 2 aromatic carbocycles. The van der Waals surface area contributed by atoms with Crippen molar-refractivity contribution < 1.29 is 36.6 Å². The Labute approximate surface area is 194 Å². The summed E-state index contributed by atoms with van der Waals surface area (Å²) in [6.45, 7) is 3.25. The number of halogens is 6. The van der Waals surface area contributed by atoms with Crippen LogP contribution in [-0.2, 0) is 12.4 Å². The van der Waals surface area contributed by atoms with Crippen molar-refractivity contribution in [1.29, 1.82) is 0 Å². The van der Waals surface area contributed by atoms with Gasteiger partial charge in [0.2, 0.25) is 0 Å². The van der Waals surface area contributed by atoms with E-state index in [1.807, 2.05) is 0 Å². The van der Waals surface area contributed by atoms with Gasteiger partial charge in [-0.1, -0.05) is 35.8 Å². The number of hydrogen-bond acceptors (Lipinski definition) is 4. The van der Waals surface area contributed by atoms with E-state index in [0.717, 1.165) is 24.3 Å². The summed E-state index contributed by atoms with van der Waals surface area (Å²) in [4.78, 5) is 7.67. The number of benzene rings is 2. The molecule has 0 bridgehead atoms. The molecule has 0 unspecified atom stereocenters. The minimum absolute atomic E-state index is 0. The van der Waals surface area contributed by atoms with Crippen LogP contribution in [0.4, 0.5) is 26.3 Å². The second kappa shape index (κ2) is 9.45. The van der Waals surface area contributed by atoms with E-state index in [9.17, 15) is 36.6 Å². The van der Waals surface area contributed by atoms with Crippen LogP contribution in [-0.4, -0.2) is 27.3 Å². The molecule has 0 aliphatic heterocycles. The zero-order valence-electron chi connectivity index (χ0n) is 17.2. The number of hydrogen-bond donors (Lipinski definition) is 0. The van der Waals surface area contributed by atoms with Crippen molar-refractivity contribution in [2.45, 2.75) is 26.2 Å². The standard InChI is InChI=1S/2C11H8F3NO.Al/c2*1-6-2-3-7-8(11(12,13)14)4-5-9(16)10(7)15-6;/h2*2-5,16H,1H3;/q;;+3/p-2. The molecule has 0 atom stereocenters. The molecule has 11 heteroatoms. The Balaban J connectivity index is 0.000000227. The maximum atomic E-state index is 12.6. The molecule has 4 rings (SSSR count). The van der Waals surface area contributed by atoms with Crippen molar-refractivity contribution in [3.05, 3.63) is 71.0 Å². The molecule has 0 aliphatic carbocycles. The number of fused-ring (bicyclic) bond motifs is 2. The van der Waals surface area contributed by atoms with Crippen molar-refractivity contribution in [3.8, 4) is 11.5 Å². The quantitative estimate of drug-likeness (QED) is 0.266. The second-order valence-electron chi connectivity index (χ2n) is 6.92. The Morgan fingerprint density at radius 3 is 1.21 bits per heavy atom. The van der Waals surface area contributed by atoms with E-state index in [-0.39, 0.29) is 39.2 Å². The summed E-state index contributed by atoms with van der Waals surface area (Å²) < 4.78 is 75.7. The fourth-order valence-electron chi connectivity index (χ4n) is 3.07. The van der Waals surface area contributed by atoms with Gasteiger partial charge in [-0.25, -0.2) is 0 Å². The molecule has 2 heterocycles. The van der Waals surface area contributed by atoms with Crippen molar-refractivity contribution in [2.24, 2.45) is 0 Å². The average molecular weight is 479 g/mol. The Morgan fingerprint density at radius 1 is 0.576 bits per heavy atom. The molecule has 2 aromatic heterocycles. The zero-order chi connectivity index (χ0) is 23.8. The van der Waals surface area contributed by atoms with E-state index in [4.69, 9.17) is 0 Å². The Bertz CT molecular complexity index is 1210. The van der Waals surface area contributed by atoms with Crippen LogP contribution in [0.15, 0.2) is 48.5 Å². The second-order valence-corrected chi connectivity index (χ2v) is 6.92. The van der Waals surface area contributed by atoms with Crippen LogP contribution in [0.5, 0.6) is 11.5 Å². The van der Waals surface area contributed by atoms with Crippen LogP contribution in [0.2, 0.25) is 0 Å². The van der Waals surface area contributed by atoms with Gasteiger partial charge < -0.3 is 10.2 Å². The fraction of sp³-hybridized carbons (Fsp3) is 0.182. The molecule has 0 saturated carbocycles. The van der Waals surface area contributed by atoms with Gasteiger partial charge in [0.15, 0.2) is 0 Å². The van der Waals surface area contributed by atoms with Crippen LogP contribution in [0.25, 0.3) is 21.8 Å². The van der Waals surface area contributed by atoms with Crippen molar-refractivity contribution in [1.82, 2.24) is 9.97 Å². The smallest absolute Gasteiger partial charge is 0.871 e. The topological polar surface area (TPSA) is 71.9 Å². The van der Waals surface area contributed by atoms with Gasteiger partial charge in [0.1, 0.15) is 0 Å². The summed E-state index contributed by atoms with van der Waals surface area (Å²) in [6.07, 6.45) is -8.94. The Kier molecular flexibility index (Phi) is 7.51. The molecule has 0 fully saturated rings. The third-order valence-electron chi connectivity index (χ3n) is 4.53. The van der Waals surface area contributed by atoms with Gasteiger partial charge in [-0.3, -0.25) is 9.97 Å². The van der Waals surface area contributed by atoms with E-state index in [0.29, 0.717) is 11.4 Å². The molecular weight excluding hydrogens is 465 g/mol. The Morgan fingerprint density at radius 2 is 0.909 bits per heavy atom. The van der Waals surface area contributed by atoms with Gasteiger partial charge in [0, 0.05) is 22.2 Å². The van der Waals surface area contributed by atoms with Gasteiger partial charge in [-0.15, -0.1) is 0 Å². The van der Waals surface area contributed by atoms with Crippen molar-refractivity contribution >= 4 is 39.2 Å². The number of pyridine rings is 2. The summed E-state index contributed by atoms with van der Waals surface area (Å²) in [5.74, 6) is -0.988. The summed E-state index contributed by atoms with van der Waals surface area (Å²) in [5, 5.41) is 22.5. The summed E-state index contributed by atoms with van der Waals surface area (Å²) >= 11 is 0. The summed E-state index contributed by atoms with van der Waals surface area (Å²) in [6, 6.07) is 8.86. The molecule has 0 aliphatic rings. The molecular formula is C22H14AlF6N2O2+. The van der Waals surface area contributed by atoms with Crippen LogP contribution in [0.1, 0.15) is 22.5 Å². The average Bonchev–Trinajstić information content (AvgIpc) is 2.68. The minimum atomic E-state index is -4.47. The van der Waals surface area contributed by atoms with E-state index in [1.165, 1.54) is 24.3 Å². The van der Waals surface area contributed by atoms with Gasteiger partial charge in [0.25, 0.3) is 0 Å². The monoisotopic (exact) mass is 479 g/mol. The molecule has 0 radical (unpaired) electrons. The molecule has 0 amide bonds. The number of rotatable bonds is 0. The predicted molar refractivity (Wildman–Crippen MR) is 108 cm³/mol. The third kappa shape index (κ3) is 5.67. The van der Waals surface area contributed by atoms with Crippen molar-refractivity contribution in [3.63, 3.8) is 0 Å². The number of aryl methyl sites for hydroxylation is 2. The SMILES string of the molecule is Cc1ccc2c(C(F)(F)F)ccc([O-])c2n1.Cc1ccc2c(C(F)(F)F)ccc([O-])c2n1.[Al+3]. The van der Waals surface area contributed by atoms with Crippen LogP contribution < -0.4 is 10.2 Å². The van der Waals surface area contributed by atoms with E-state index in [2.05, 4.69) is 9.97 Å². The van der Waals surface area contributed by atoms with Crippen molar-refractivity contribution in [2.75, 3.05) is 0 Å². The van der Waals surface area contributed by atoms with Crippen LogP contribution >= 0.6 is 0 Å². The first-order valence-electron chi connectivity index (χ1n) is 9.08. The first-order valence-corrected chi connectivity index (χ1v) is 9.08. The number of alkyl halides is 6. The largest absolute Gasteiger partial charge is 3.00 e. The molecule has 0 saturated heterocycles. The predicted octanol–water partition coefficient (Wildman–Crippen LogP) is 4.89. The molecule has 0 spiro atoms. The third-order valence-corrected chi connectivity index (χ3v) is 4.53. The fourth-order valence-corrected chi connectivity index (χ4v) is 3.07. The van der Waals surface area contributed by atoms with Gasteiger partial charge in [-0.05, 0) is 38.1 Å². The van der Waals surface area contributed by atoms with E-state index in [1.54, 1.807) is 13.8 Å². The first kappa shape index (κ1) is 26.2. The van der Waals surface area contributed by atoms with Crippen LogP contribution in [0.3, 0.4) is 0 Å². The first-order chi connectivity index (χ1) is 14.8. The van der Waals surface area contributed by atoms with Gasteiger partial charge in [-0.2, -0.15) is 26.3 Å². The summed E-state index contributed by atoms with van der Waals surface area (Å²) in [7, 11) is 0. The zero-order valence-corrected chi connectivity index (χ0v) is 18.3. The summed E-state index contributed by atoms with van der Waals surface area (Å²) in [5.41, 5.74) is -0.873. The van der Waals surface area contributed by atoms with Gasteiger partial charge >= 0.3 is 29.7 Å². The molecule has 4 aromatic rings. The normalized spacial score (nSPS) is 11.6. The molecule has 168 valence electrons. The molecule has 33 heavy (non-hydrogen) atoms. The maximum absolute atomic E-state index is 12.6. The Hall–Kier alpha value is -3.03. The minimum Gasteiger partial charge on any atom is -0.871 e. The van der Waals surface area contributed by atoms with Crippen LogP contribution in [0, 0.1) is 13.8 Å². The van der Waals surface area contributed by atoms with E-state index >= 15 is 0 Å². The number of aromatic nitrogens is 2. The van der Waals surface area contributed by atoms with E-state index < -0.39 is 35.0 Å². The number of nitrogens with zero attached hydrogens (tertiary/aromatic N) is 2. The maximum Gasteiger partial charge on any atom is 3.00 e. The molecule has 4 nitrogen and oxygen atoms in total. The van der Waals surface area contributed by atoms with Gasteiger partial charge in [0.05, 0.1) is 22.2 Å².